The number of thiophene rings is 1. The van der Waals surface area contributed by atoms with Crippen molar-refractivity contribution in [2.24, 2.45) is 11.7 Å². The third-order valence-corrected chi connectivity index (χ3v) is 5.14. The fraction of sp³-hybridized carbons (Fsp3) is 0.692. The van der Waals surface area contributed by atoms with Crippen LogP contribution in [0.3, 0.4) is 0 Å². The second kappa shape index (κ2) is 6.32. The number of nitrogens with two attached hydrogens (primary N) is 1. The monoisotopic (exact) mass is 316 g/mol. The number of halogens is 1. The molecule has 0 aromatic carbocycles. The minimum atomic E-state index is 0.417. The fourth-order valence-corrected chi connectivity index (χ4v) is 3.87. The van der Waals surface area contributed by atoms with Gasteiger partial charge in [-0.2, -0.15) is 0 Å². The van der Waals surface area contributed by atoms with Crippen LogP contribution in [0, 0.1) is 5.92 Å². The van der Waals surface area contributed by atoms with E-state index in [1.165, 1.54) is 35.0 Å². The minimum absolute atomic E-state index is 0.417. The maximum Gasteiger partial charge on any atom is 0.0701 e. The van der Waals surface area contributed by atoms with E-state index in [2.05, 4.69) is 39.3 Å². The van der Waals surface area contributed by atoms with Crippen LogP contribution in [0.15, 0.2) is 15.2 Å². The Morgan fingerprint density at radius 2 is 2.24 bits per heavy atom. The van der Waals surface area contributed by atoms with Crippen LogP contribution in [0.4, 0.5) is 0 Å². The van der Waals surface area contributed by atoms with Crippen LogP contribution >= 0.6 is 27.3 Å². The molecule has 2 rings (SSSR count). The van der Waals surface area contributed by atoms with Gasteiger partial charge in [0.15, 0.2) is 0 Å². The third-order valence-electron chi connectivity index (χ3n) is 3.59. The van der Waals surface area contributed by atoms with Crippen LogP contribution in [0.25, 0.3) is 0 Å². The molecule has 2 unspecified atom stereocenters. The van der Waals surface area contributed by atoms with Gasteiger partial charge >= 0.3 is 0 Å². The molecule has 0 radical (unpaired) electrons. The van der Waals surface area contributed by atoms with Gasteiger partial charge in [-0.1, -0.05) is 12.8 Å². The maximum atomic E-state index is 6.19. The van der Waals surface area contributed by atoms with Crippen molar-refractivity contribution in [2.45, 2.75) is 38.3 Å². The molecule has 4 heteroatoms. The molecule has 0 bridgehead atoms. The lowest BCUT2D eigenvalue weighted by atomic mass is 9.85. The largest absolute Gasteiger partial charge is 0.327 e. The number of hydrogen-bond acceptors (Lipinski definition) is 3. The zero-order chi connectivity index (χ0) is 12.3. The first-order chi connectivity index (χ1) is 8.15. The Labute approximate surface area is 116 Å². The SMILES string of the molecule is CN(Cc1csc(Br)c1)CC1CCCCC1N. The van der Waals surface area contributed by atoms with E-state index in [1.807, 2.05) is 0 Å². The van der Waals surface area contributed by atoms with Crippen LogP contribution in [-0.2, 0) is 6.54 Å². The van der Waals surface area contributed by atoms with Gasteiger partial charge in [-0.3, -0.25) is 0 Å². The molecular weight excluding hydrogens is 296 g/mol. The molecule has 0 aliphatic heterocycles. The van der Waals surface area contributed by atoms with Crippen LogP contribution in [-0.4, -0.2) is 24.5 Å². The van der Waals surface area contributed by atoms with Gasteiger partial charge in [-0.25, -0.2) is 0 Å². The normalized spacial score (nSPS) is 25.4. The van der Waals surface area contributed by atoms with E-state index in [9.17, 15) is 0 Å². The highest BCUT2D eigenvalue weighted by Crippen LogP contribution is 2.25. The van der Waals surface area contributed by atoms with Crippen molar-refractivity contribution in [1.82, 2.24) is 4.90 Å². The molecule has 2 N–H and O–H groups in total. The van der Waals surface area contributed by atoms with Gasteiger partial charge in [0.25, 0.3) is 0 Å². The molecule has 96 valence electrons. The van der Waals surface area contributed by atoms with Gasteiger partial charge < -0.3 is 10.6 Å². The van der Waals surface area contributed by atoms with Crippen molar-refractivity contribution < 1.29 is 0 Å². The summed E-state index contributed by atoms with van der Waals surface area (Å²) in [7, 11) is 2.20. The highest BCUT2D eigenvalue weighted by molar-refractivity contribution is 9.11. The summed E-state index contributed by atoms with van der Waals surface area (Å²) in [6.45, 7) is 2.17. The Morgan fingerprint density at radius 1 is 1.47 bits per heavy atom. The topological polar surface area (TPSA) is 29.3 Å². The summed E-state index contributed by atoms with van der Waals surface area (Å²) in [5.74, 6) is 0.691. The molecule has 1 aromatic heterocycles. The molecule has 1 aromatic rings. The smallest absolute Gasteiger partial charge is 0.0701 e. The van der Waals surface area contributed by atoms with Crippen molar-refractivity contribution in [3.8, 4) is 0 Å². The minimum Gasteiger partial charge on any atom is -0.327 e. The molecule has 1 aliphatic carbocycles. The van der Waals surface area contributed by atoms with Gasteiger partial charge in [0.1, 0.15) is 0 Å². The first-order valence-electron chi connectivity index (χ1n) is 6.32. The summed E-state index contributed by atoms with van der Waals surface area (Å²) >= 11 is 5.27. The molecule has 2 atom stereocenters. The van der Waals surface area contributed by atoms with E-state index in [4.69, 9.17) is 5.73 Å². The summed E-state index contributed by atoms with van der Waals surface area (Å²) < 4.78 is 1.22. The fourth-order valence-electron chi connectivity index (χ4n) is 2.67. The predicted octanol–water partition coefficient (Wildman–Crippen LogP) is 3.46. The molecule has 0 amide bonds. The van der Waals surface area contributed by atoms with Gasteiger partial charge in [0.05, 0.1) is 3.79 Å². The summed E-state index contributed by atoms with van der Waals surface area (Å²) in [4.78, 5) is 2.41. The predicted molar refractivity (Wildman–Crippen MR) is 78.3 cm³/mol. The maximum absolute atomic E-state index is 6.19. The first kappa shape index (κ1) is 13.5. The summed E-state index contributed by atoms with van der Waals surface area (Å²) in [5, 5.41) is 2.22. The molecule has 1 heterocycles. The Morgan fingerprint density at radius 3 is 2.88 bits per heavy atom. The second-order valence-corrected chi connectivity index (χ2v) is 7.45. The number of rotatable bonds is 4. The van der Waals surface area contributed by atoms with Gasteiger partial charge in [0, 0.05) is 19.1 Å². The quantitative estimate of drug-likeness (QED) is 0.921. The lowest BCUT2D eigenvalue weighted by Crippen LogP contribution is -2.39. The highest BCUT2D eigenvalue weighted by Gasteiger charge is 2.22. The highest BCUT2D eigenvalue weighted by atomic mass is 79.9. The Kier molecular flexibility index (Phi) is 5.03. The molecular formula is C13H21BrN2S. The lowest BCUT2D eigenvalue weighted by Gasteiger charge is -2.31. The van der Waals surface area contributed by atoms with Gasteiger partial charge in [-0.05, 0) is 58.7 Å². The Hall–Kier alpha value is 0.1000. The van der Waals surface area contributed by atoms with E-state index in [1.54, 1.807) is 11.3 Å². The molecule has 2 nitrogen and oxygen atoms in total. The summed E-state index contributed by atoms with van der Waals surface area (Å²) in [6, 6.07) is 2.63. The van der Waals surface area contributed by atoms with Gasteiger partial charge in [0.2, 0.25) is 0 Å². The molecule has 17 heavy (non-hydrogen) atoms. The van der Waals surface area contributed by atoms with E-state index in [-0.39, 0.29) is 0 Å². The van der Waals surface area contributed by atoms with Crippen molar-refractivity contribution in [1.29, 1.82) is 0 Å². The van der Waals surface area contributed by atoms with E-state index < -0.39 is 0 Å². The van der Waals surface area contributed by atoms with Crippen LogP contribution in [0.2, 0.25) is 0 Å². The first-order valence-corrected chi connectivity index (χ1v) is 7.99. The summed E-state index contributed by atoms with van der Waals surface area (Å²) in [5.41, 5.74) is 7.59. The van der Waals surface area contributed by atoms with Crippen LogP contribution in [0.5, 0.6) is 0 Å². The van der Waals surface area contributed by atoms with Crippen LogP contribution < -0.4 is 5.73 Å². The van der Waals surface area contributed by atoms with Crippen molar-refractivity contribution in [3.63, 3.8) is 0 Å². The summed E-state index contributed by atoms with van der Waals surface area (Å²) in [6.07, 6.45) is 5.19. The van der Waals surface area contributed by atoms with E-state index >= 15 is 0 Å². The molecule has 1 saturated carbocycles. The van der Waals surface area contributed by atoms with Crippen molar-refractivity contribution in [3.05, 3.63) is 20.8 Å². The second-order valence-electron chi connectivity index (χ2n) is 5.16. The Balaban J connectivity index is 1.82. The average molecular weight is 317 g/mol. The van der Waals surface area contributed by atoms with E-state index in [0.29, 0.717) is 12.0 Å². The van der Waals surface area contributed by atoms with Gasteiger partial charge in [-0.15, -0.1) is 11.3 Å². The molecule has 0 spiro atoms. The molecule has 0 saturated heterocycles. The number of hydrogen-bond donors (Lipinski definition) is 1. The molecule has 1 fully saturated rings. The van der Waals surface area contributed by atoms with Crippen molar-refractivity contribution >= 4 is 27.3 Å². The standard InChI is InChI=1S/C13H21BrN2S/c1-16(7-10-6-13(14)17-9-10)8-11-4-2-3-5-12(11)15/h6,9,11-12H,2-5,7-8,15H2,1H3. The Bertz CT molecular complexity index is 353. The zero-order valence-corrected chi connectivity index (χ0v) is 12.8. The van der Waals surface area contributed by atoms with E-state index in [0.717, 1.165) is 13.1 Å². The zero-order valence-electron chi connectivity index (χ0n) is 10.4. The van der Waals surface area contributed by atoms with Crippen LogP contribution in [0.1, 0.15) is 31.2 Å². The third kappa shape index (κ3) is 4.05. The number of nitrogens with zero attached hydrogens (tertiary/aromatic N) is 1. The molecule has 1 aliphatic rings. The van der Waals surface area contributed by atoms with Crippen molar-refractivity contribution in [2.75, 3.05) is 13.6 Å². The lowest BCUT2D eigenvalue weighted by molar-refractivity contribution is 0.206. The average Bonchev–Trinajstić information content (AvgIpc) is 2.67.